The van der Waals surface area contributed by atoms with Crippen molar-refractivity contribution in [2.45, 2.75) is 0 Å². The van der Waals surface area contributed by atoms with Crippen LogP contribution in [0.3, 0.4) is 0 Å². The molecule has 0 amide bonds. The van der Waals surface area contributed by atoms with Crippen molar-refractivity contribution in [1.82, 2.24) is 0 Å². The molecule has 24 heavy (non-hydrogen) atoms. The van der Waals surface area contributed by atoms with Gasteiger partial charge in [0.2, 0.25) is 0 Å². The number of amidine groups is 1. The smallest absolute Gasteiger partial charge is 0.131 e. The van der Waals surface area contributed by atoms with Gasteiger partial charge in [-0.2, -0.15) is 0 Å². The summed E-state index contributed by atoms with van der Waals surface area (Å²) in [5.74, 6) is 0.215. The maximum Gasteiger partial charge on any atom is 0.131 e. The molecular formula is C21H17FN2. The van der Waals surface area contributed by atoms with E-state index in [2.05, 4.69) is 4.99 Å². The van der Waals surface area contributed by atoms with Crippen molar-refractivity contribution < 1.29 is 4.39 Å². The van der Waals surface area contributed by atoms with Crippen molar-refractivity contribution in [1.29, 1.82) is 0 Å². The summed E-state index contributed by atoms with van der Waals surface area (Å²) in [5, 5.41) is 0. The lowest BCUT2D eigenvalue weighted by Gasteiger charge is -2.06. The van der Waals surface area contributed by atoms with Crippen molar-refractivity contribution in [2.75, 3.05) is 0 Å². The minimum atomic E-state index is -0.244. The van der Waals surface area contributed by atoms with Crippen molar-refractivity contribution >= 4 is 23.7 Å². The largest absolute Gasteiger partial charge is 0.383 e. The summed E-state index contributed by atoms with van der Waals surface area (Å²) < 4.78 is 13.0. The van der Waals surface area contributed by atoms with E-state index in [0.29, 0.717) is 5.84 Å². The fourth-order valence-corrected chi connectivity index (χ4v) is 2.34. The zero-order chi connectivity index (χ0) is 16.8. The standard InChI is InChI=1S/C21H17FN2/c22-18-14-11-16(12-15-18)10-13-17-6-4-5-9-20(17)21(23)24-19-7-2-1-3-8-19/h1-15H,(H2,23,24). The fourth-order valence-electron chi connectivity index (χ4n) is 2.34. The third-order valence-corrected chi connectivity index (χ3v) is 3.57. The lowest BCUT2D eigenvalue weighted by atomic mass is 10.0. The number of nitrogens with two attached hydrogens (primary N) is 1. The molecule has 2 nitrogen and oxygen atoms in total. The Morgan fingerprint density at radius 2 is 1.46 bits per heavy atom. The second-order valence-electron chi connectivity index (χ2n) is 5.30. The minimum Gasteiger partial charge on any atom is -0.383 e. The lowest BCUT2D eigenvalue weighted by molar-refractivity contribution is 0.628. The van der Waals surface area contributed by atoms with Gasteiger partial charge < -0.3 is 5.73 Å². The molecule has 0 saturated heterocycles. The topological polar surface area (TPSA) is 38.4 Å². The van der Waals surface area contributed by atoms with Gasteiger partial charge >= 0.3 is 0 Å². The zero-order valence-corrected chi connectivity index (χ0v) is 13.1. The number of hydrogen-bond donors (Lipinski definition) is 1. The Hall–Kier alpha value is -3.20. The van der Waals surface area contributed by atoms with Gasteiger partial charge in [-0.1, -0.05) is 66.7 Å². The van der Waals surface area contributed by atoms with Crippen LogP contribution in [0.2, 0.25) is 0 Å². The van der Waals surface area contributed by atoms with Crippen LogP contribution in [0.5, 0.6) is 0 Å². The molecule has 3 heteroatoms. The maximum absolute atomic E-state index is 13.0. The van der Waals surface area contributed by atoms with Gasteiger partial charge in [0.15, 0.2) is 0 Å². The molecule has 0 bridgehead atoms. The first-order valence-corrected chi connectivity index (χ1v) is 7.64. The molecule has 0 atom stereocenters. The van der Waals surface area contributed by atoms with Crippen molar-refractivity contribution in [3.05, 3.63) is 101 Å². The number of hydrogen-bond acceptors (Lipinski definition) is 1. The number of nitrogens with zero attached hydrogens (tertiary/aromatic N) is 1. The van der Waals surface area contributed by atoms with Crippen LogP contribution in [-0.2, 0) is 0 Å². The van der Waals surface area contributed by atoms with Gasteiger partial charge in [-0.15, -0.1) is 0 Å². The summed E-state index contributed by atoms with van der Waals surface area (Å²) >= 11 is 0. The minimum absolute atomic E-state index is 0.244. The summed E-state index contributed by atoms with van der Waals surface area (Å²) in [4.78, 5) is 4.47. The van der Waals surface area contributed by atoms with Gasteiger partial charge in [-0.3, -0.25) is 0 Å². The molecule has 0 spiro atoms. The van der Waals surface area contributed by atoms with Gasteiger partial charge in [0.25, 0.3) is 0 Å². The molecule has 3 rings (SSSR count). The molecule has 3 aromatic carbocycles. The molecule has 0 heterocycles. The summed E-state index contributed by atoms with van der Waals surface area (Å²) in [5.41, 5.74) is 9.73. The Morgan fingerprint density at radius 3 is 2.21 bits per heavy atom. The van der Waals surface area contributed by atoms with E-state index in [9.17, 15) is 4.39 Å². The van der Waals surface area contributed by atoms with Crippen LogP contribution in [0.25, 0.3) is 12.2 Å². The van der Waals surface area contributed by atoms with Gasteiger partial charge in [-0.05, 0) is 35.4 Å². The molecule has 2 N–H and O–H groups in total. The van der Waals surface area contributed by atoms with Gasteiger partial charge in [0, 0.05) is 5.56 Å². The van der Waals surface area contributed by atoms with E-state index < -0.39 is 0 Å². The Bertz CT molecular complexity index is 866. The molecule has 0 fully saturated rings. The van der Waals surface area contributed by atoms with Crippen molar-refractivity contribution in [3.63, 3.8) is 0 Å². The van der Waals surface area contributed by atoms with E-state index in [1.165, 1.54) is 12.1 Å². The SMILES string of the molecule is NC(=Nc1ccccc1)c1ccccc1C=Cc1ccc(F)cc1. The van der Waals surface area contributed by atoms with Gasteiger partial charge in [-0.25, -0.2) is 9.38 Å². The summed E-state index contributed by atoms with van der Waals surface area (Å²) in [6.45, 7) is 0. The highest BCUT2D eigenvalue weighted by Gasteiger charge is 2.03. The summed E-state index contributed by atoms with van der Waals surface area (Å²) in [6, 6.07) is 23.7. The maximum atomic E-state index is 13.0. The Balaban J connectivity index is 1.90. The van der Waals surface area contributed by atoms with E-state index in [4.69, 9.17) is 5.73 Å². The molecule has 118 valence electrons. The number of benzene rings is 3. The third-order valence-electron chi connectivity index (χ3n) is 3.57. The van der Waals surface area contributed by atoms with E-state index in [1.54, 1.807) is 12.1 Å². The van der Waals surface area contributed by atoms with Crippen LogP contribution in [0.4, 0.5) is 10.1 Å². The number of aliphatic imine (C=N–C) groups is 1. The molecule has 0 radical (unpaired) electrons. The first kappa shape index (κ1) is 15.7. The molecular weight excluding hydrogens is 299 g/mol. The quantitative estimate of drug-likeness (QED) is 0.409. The molecule has 0 aliphatic heterocycles. The average molecular weight is 316 g/mol. The highest BCUT2D eigenvalue weighted by atomic mass is 19.1. The normalized spacial score (nSPS) is 11.8. The predicted molar refractivity (Wildman–Crippen MR) is 98.6 cm³/mol. The van der Waals surface area contributed by atoms with Crippen LogP contribution < -0.4 is 5.73 Å². The van der Waals surface area contributed by atoms with E-state index in [-0.39, 0.29) is 5.82 Å². The lowest BCUT2D eigenvalue weighted by Crippen LogP contribution is -2.14. The Morgan fingerprint density at radius 1 is 0.792 bits per heavy atom. The Kier molecular flexibility index (Phi) is 4.82. The highest BCUT2D eigenvalue weighted by molar-refractivity contribution is 6.02. The van der Waals surface area contributed by atoms with E-state index in [0.717, 1.165) is 22.4 Å². The molecule has 0 aliphatic rings. The molecule has 0 saturated carbocycles. The van der Waals surface area contributed by atoms with Gasteiger partial charge in [0.05, 0.1) is 5.69 Å². The van der Waals surface area contributed by atoms with Crippen LogP contribution in [0.15, 0.2) is 83.9 Å². The fraction of sp³-hybridized carbons (Fsp3) is 0. The second kappa shape index (κ2) is 7.38. The van der Waals surface area contributed by atoms with E-state index in [1.807, 2.05) is 66.7 Å². The third kappa shape index (κ3) is 3.96. The van der Waals surface area contributed by atoms with Crippen molar-refractivity contribution in [2.24, 2.45) is 10.7 Å². The average Bonchev–Trinajstić information content (AvgIpc) is 2.62. The second-order valence-corrected chi connectivity index (χ2v) is 5.30. The zero-order valence-electron chi connectivity index (χ0n) is 13.1. The van der Waals surface area contributed by atoms with Crippen LogP contribution in [0, 0.1) is 5.82 Å². The van der Waals surface area contributed by atoms with E-state index >= 15 is 0 Å². The molecule has 0 aliphatic carbocycles. The van der Waals surface area contributed by atoms with Crippen LogP contribution >= 0.6 is 0 Å². The first-order valence-electron chi connectivity index (χ1n) is 7.64. The Labute approximate surface area is 140 Å². The first-order chi connectivity index (χ1) is 11.7. The van der Waals surface area contributed by atoms with Crippen molar-refractivity contribution in [3.8, 4) is 0 Å². The number of halogens is 1. The molecule has 3 aromatic rings. The highest BCUT2D eigenvalue weighted by Crippen LogP contribution is 2.16. The number of para-hydroxylation sites is 1. The predicted octanol–water partition coefficient (Wildman–Crippen LogP) is 5.03. The summed E-state index contributed by atoms with van der Waals surface area (Å²) in [7, 11) is 0. The monoisotopic (exact) mass is 316 g/mol. The molecule has 0 unspecified atom stereocenters. The summed E-state index contributed by atoms with van der Waals surface area (Å²) in [6.07, 6.45) is 3.88. The van der Waals surface area contributed by atoms with Crippen LogP contribution in [0.1, 0.15) is 16.7 Å². The number of rotatable bonds is 4. The van der Waals surface area contributed by atoms with Crippen LogP contribution in [-0.4, -0.2) is 5.84 Å². The van der Waals surface area contributed by atoms with Gasteiger partial charge in [0.1, 0.15) is 11.7 Å². The molecule has 0 aromatic heterocycles.